The molecule has 98 valence electrons. The number of esters is 1. The van der Waals surface area contributed by atoms with Gasteiger partial charge < -0.3 is 9.47 Å². The van der Waals surface area contributed by atoms with E-state index in [1.165, 1.54) is 32.1 Å². The summed E-state index contributed by atoms with van der Waals surface area (Å²) < 4.78 is 10.2. The monoisotopic (exact) mass is 240 g/mol. The van der Waals surface area contributed by atoms with Gasteiger partial charge in [0.05, 0.1) is 13.2 Å². The lowest BCUT2D eigenvalue weighted by molar-refractivity contribution is -0.148. The number of hydrogen-bond acceptors (Lipinski definition) is 3. The number of carbonyl (C=O) groups is 1. The van der Waals surface area contributed by atoms with E-state index >= 15 is 0 Å². The predicted molar refractivity (Wildman–Crippen MR) is 67.9 cm³/mol. The summed E-state index contributed by atoms with van der Waals surface area (Å²) in [6, 6.07) is 0. The van der Waals surface area contributed by atoms with Crippen molar-refractivity contribution in [2.75, 3.05) is 19.8 Å². The van der Waals surface area contributed by atoms with Crippen molar-refractivity contribution in [1.82, 2.24) is 0 Å². The molecule has 0 saturated carbocycles. The van der Waals surface area contributed by atoms with E-state index in [9.17, 15) is 4.79 Å². The molecule has 0 atom stereocenters. The van der Waals surface area contributed by atoms with E-state index in [-0.39, 0.29) is 12.6 Å². The molecular weight excluding hydrogens is 216 g/mol. The smallest absolute Gasteiger partial charge is 0.332 e. The highest BCUT2D eigenvalue weighted by Gasteiger charge is 2.01. The SMILES string of the molecule is O=C1COC/C=C/CCCCCCCCCO1. The number of rotatable bonds is 0. The molecule has 1 rings (SSSR count). The molecule has 0 radical (unpaired) electrons. The minimum absolute atomic E-state index is 0.0737. The molecule has 0 amide bonds. The Hall–Kier alpha value is -0.830. The third-order valence-electron chi connectivity index (χ3n) is 2.88. The van der Waals surface area contributed by atoms with E-state index < -0.39 is 0 Å². The van der Waals surface area contributed by atoms with E-state index in [1.807, 2.05) is 6.08 Å². The summed E-state index contributed by atoms with van der Waals surface area (Å²) in [5.41, 5.74) is 0. The van der Waals surface area contributed by atoms with Crippen molar-refractivity contribution in [2.45, 2.75) is 51.4 Å². The van der Waals surface area contributed by atoms with Gasteiger partial charge in [0.2, 0.25) is 0 Å². The van der Waals surface area contributed by atoms with Crippen LogP contribution >= 0.6 is 0 Å². The van der Waals surface area contributed by atoms with Gasteiger partial charge in [-0.15, -0.1) is 0 Å². The molecular formula is C14H24O3. The minimum Gasteiger partial charge on any atom is -0.464 e. The molecule has 3 nitrogen and oxygen atoms in total. The van der Waals surface area contributed by atoms with Crippen LogP contribution in [0, 0.1) is 0 Å². The molecule has 0 saturated heterocycles. The fourth-order valence-electron chi connectivity index (χ4n) is 1.87. The highest BCUT2D eigenvalue weighted by molar-refractivity contribution is 5.70. The zero-order chi connectivity index (χ0) is 12.2. The lowest BCUT2D eigenvalue weighted by Gasteiger charge is -2.05. The molecule has 0 bridgehead atoms. The zero-order valence-corrected chi connectivity index (χ0v) is 10.7. The first kappa shape index (κ1) is 14.2. The molecule has 0 aromatic carbocycles. The van der Waals surface area contributed by atoms with Crippen molar-refractivity contribution in [2.24, 2.45) is 0 Å². The molecule has 0 aromatic heterocycles. The van der Waals surface area contributed by atoms with Crippen LogP contribution in [0.1, 0.15) is 51.4 Å². The average molecular weight is 240 g/mol. The second kappa shape index (κ2) is 10.3. The molecule has 3 heteroatoms. The highest BCUT2D eigenvalue weighted by Crippen LogP contribution is 2.09. The van der Waals surface area contributed by atoms with Crippen molar-refractivity contribution in [3.63, 3.8) is 0 Å². The van der Waals surface area contributed by atoms with Crippen molar-refractivity contribution in [1.29, 1.82) is 0 Å². The van der Waals surface area contributed by atoms with Crippen LogP contribution in [0.5, 0.6) is 0 Å². The fraction of sp³-hybridized carbons (Fsp3) is 0.786. The normalized spacial score (nSPS) is 23.9. The summed E-state index contributed by atoms with van der Waals surface area (Å²) in [4.78, 5) is 11.2. The molecule has 0 aliphatic carbocycles. The molecule has 0 N–H and O–H groups in total. The molecule has 1 aliphatic rings. The van der Waals surface area contributed by atoms with Gasteiger partial charge in [-0.3, -0.25) is 0 Å². The van der Waals surface area contributed by atoms with Gasteiger partial charge in [-0.25, -0.2) is 4.79 Å². The summed E-state index contributed by atoms with van der Waals surface area (Å²) in [7, 11) is 0. The largest absolute Gasteiger partial charge is 0.464 e. The van der Waals surface area contributed by atoms with Crippen molar-refractivity contribution in [3.8, 4) is 0 Å². The van der Waals surface area contributed by atoms with Gasteiger partial charge >= 0.3 is 5.97 Å². The van der Waals surface area contributed by atoms with Crippen LogP contribution in [0.4, 0.5) is 0 Å². The van der Waals surface area contributed by atoms with E-state index in [0.717, 1.165) is 19.3 Å². The summed E-state index contributed by atoms with van der Waals surface area (Å²) in [6.07, 6.45) is 13.8. The van der Waals surface area contributed by atoms with Gasteiger partial charge in [0.25, 0.3) is 0 Å². The van der Waals surface area contributed by atoms with Crippen LogP contribution in [-0.4, -0.2) is 25.8 Å². The van der Waals surface area contributed by atoms with E-state index in [4.69, 9.17) is 9.47 Å². The summed E-state index contributed by atoms with van der Waals surface area (Å²) in [5, 5.41) is 0. The third-order valence-corrected chi connectivity index (χ3v) is 2.88. The molecule has 0 spiro atoms. The average Bonchev–Trinajstić information content (AvgIpc) is 2.32. The Kier molecular flexibility index (Phi) is 8.65. The highest BCUT2D eigenvalue weighted by atomic mass is 16.6. The molecule has 0 aromatic rings. The van der Waals surface area contributed by atoms with E-state index in [1.54, 1.807) is 0 Å². The standard InChI is InChI=1S/C14H24O3/c15-14-13-16-11-9-7-5-3-1-2-4-6-8-10-12-17-14/h7,9H,1-6,8,10-13H2/b9-7+. The van der Waals surface area contributed by atoms with Crippen LogP contribution in [0.15, 0.2) is 12.2 Å². The molecule has 1 aliphatic heterocycles. The van der Waals surface area contributed by atoms with E-state index in [2.05, 4.69) is 6.08 Å². The second-order valence-electron chi connectivity index (χ2n) is 4.47. The second-order valence-corrected chi connectivity index (χ2v) is 4.47. The summed E-state index contributed by atoms with van der Waals surface area (Å²) >= 11 is 0. The maximum absolute atomic E-state index is 11.2. The lowest BCUT2D eigenvalue weighted by Crippen LogP contribution is -2.13. The van der Waals surface area contributed by atoms with E-state index in [0.29, 0.717) is 13.2 Å². The maximum Gasteiger partial charge on any atom is 0.332 e. The Morgan fingerprint density at radius 3 is 2.41 bits per heavy atom. The Balaban J connectivity index is 2.19. The topological polar surface area (TPSA) is 35.5 Å². The number of cyclic esters (lactones) is 1. The first-order valence-corrected chi connectivity index (χ1v) is 6.78. The predicted octanol–water partition coefficient (Wildman–Crippen LogP) is 3.24. The van der Waals surface area contributed by atoms with Crippen molar-refractivity contribution < 1.29 is 14.3 Å². The molecule has 17 heavy (non-hydrogen) atoms. The zero-order valence-electron chi connectivity index (χ0n) is 10.7. The van der Waals surface area contributed by atoms with Gasteiger partial charge in [0.1, 0.15) is 6.61 Å². The first-order chi connectivity index (χ1) is 8.39. The number of allylic oxidation sites excluding steroid dienone is 1. The number of carbonyl (C=O) groups excluding carboxylic acids is 1. The fourth-order valence-corrected chi connectivity index (χ4v) is 1.87. The van der Waals surface area contributed by atoms with Crippen LogP contribution in [0.3, 0.4) is 0 Å². The first-order valence-electron chi connectivity index (χ1n) is 6.78. The Morgan fingerprint density at radius 2 is 1.59 bits per heavy atom. The lowest BCUT2D eigenvalue weighted by atomic mass is 10.1. The van der Waals surface area contributed by atoms with Gasteiger partial charge in [0.15, 0.2) is 0 Å². The van der Waals surface area contributed by atoms with Gasteiger partial charge in [-0.1, -0.05) is 44.3 Å². The Bertz CT molecular complexity index is 224. The van der Waals surface area contributed by atoms with Crippen LogP contribution < -0.4 is 0 Å². The summed E-state index contributed by atoms with van der Waals surface area (Å²) in [5.74, 6) is -0.245. The van der Waals surface area contributed by atoms with Crippen molar-refractivity contribution in [3.05, 3.63) is 12.2 Å². The van der Waals surface area contributed by atoms with Crippen LogP contribution in [0.2, 0.25) is 0 Å². The molecule has 0 fully saturated rings. The Morgan fingerprint density at radius 1 is 0.882 bits per heavy atom. The minimum atomic E-state index is -0.245. The summed E-state index contributed by atoms with van der Waals surface area (Å²) in [6.45, 7) is 1.12. The van der Waals surface area contributed by atoms with Crippen molar-refractivity contribution >= 4 is 5.97 Å². The van der Waals surface area contributed by atoms with Crippen LogP contribution in [-0.2, 0) is 14.3 Å². The third kappa shape index (κ3) is 8.93. The number of hydrogen-bond donors (Lipinski definition) is 0. The van der Waals surface area contributed by atoms with Gasteiger partial charge in [-0.05, 0) is 19.3 Å². The van der Waals surface area contributed by atoms with Gasteiger partial charge in [-0.2, -0.15) is 0 Å². The Labute approximate surface area is 104 Å². The molecule has 1 heterocycles. The number of ether oxygens (including phenoxy) is 2. The van der Waals surface area contributed by atoms with Gasteiger partial charge in [0, 0.05) is 0 Å². The molecule has 0 unspecified atom stereocenters. The maximum atomic E-state index is 11.2. The quantitative estimate of drug-likeness (QED) is 0.481. The van der Waals surface area contributed by atoms with Crippen LogP contribution in [0.25, 0.3) is 0 Å².